The SMILES string of the molecule is C[C@@H]1CN(C2CCCCC2)[C@@H](C)CC1=O. The number of nitrogens with zero attached hydrogens (tertiary/aromatic N) is 1. The zero-order chi connectivity index (χ0) is 10.8. The van der Waals surface area contributed by atoms with Gasteiger partial charge in [0.15, 0.2) is 0 Å². The topological polar surface area (TPSA) is 20.3 Å². The molecule has 0 unspecified atom stereocenters. The van der Waals surface area contributed by atoms with Gasteiger partial charge in [-0.2, -0.15) is 0 Å². The summed E-state index contributed by atoms with van der Waals surface area (Å²) in [6.45, 7) is 5.31. The molecule has 2 fully saturated rings. The Kier molecular flexibility index (Phi) is 3.45. The van der Waals surface area contributed by atoms with Crippen LogP contribution >= 0.6 is 0 Å². The quantitative estimate of drug-likeness (QED) is 0.661. The highest BCUT2D eigenvalue weighted by Gasteiger charge is 2.33. The summed E-state index contributed by atoms with van der Waals surface area (Å²) < 4.78 is 0. The number of hydrogen-bond donors (Lipinski definition) is 0. The number of ketones is 1. The van der Waals surface area contributed by atoms with Crippen molar-refractivity contribution in [3.63, 3.8) is 0 Å². The van der Waals surface area contributed by atoms with Gasteiger partial charge >= 0.3 is 0 Å². The van der Waals surface area contributed by atoms with Crippen molar-refractivity contribution in [1.29, 1.82) is 0 Å². The van der Waals surface area contributed by atoms with E-state index in [9.17, 15) is 4.79 Å². The van der Waals surface area contributed by atoms with Gasteiger partial charge in [-0.25, -0.2) is 0 Å². The molecule has 2 aliphatic rings. The minimum Gasteiger partial charge on any atom is -0.299 e. The van der Waals surface area contributed by atoms with E-state index in [1.807, 2.05) is 0 Å². The third kappa shape index (κ3) is 2.41. The van der Waals surface area contributed by atoms with Crippen LogP contribution in [0.3, 0.4) is 0 Å². The molecule has 1 aliphatic heterocycles. The molecule has 1 saturated heterocycles. The van der Waals surface area contributed by atoms with E-state index in [4.69, 9.17) is 0 Å². The Hall–Kier alpha value is -0.370. The number of piperidine rings is 1. The number of carbonyl (C=O) groups is 1. The molecule has 15 heavy (non-hydrogen) atoms. The summed E-state index contributed by atoms with van der Waals surface area (Å²) in [5, 5.41) is 0. The Balaban J connectivity index is 1.98. The lowest BCUT2D eigenvalue weighted by atomic mass is 9.87. The van der Waals surface area contributed by atoms with Crippen molar-refractivity contribution >= 4 is 5.78 Å². The molecule has 1 heterocycles. The molecular formula is C13H23NO. The van der Waals surface area contributed by atoms with Crippen molar-refractivity contribution in [3.05, 3.63) is 0 Å². The fraction of sp³-hybridized carbons (Fsp3) is 0.923. The van der Waals surface area contributed by atoms with E-state index >= 15 is 0 Å². The van der Waals surface area contributed by atoms with E-state index in [-0.39, 0.29) is 5.92 Å². The summed E-state index contributed by atoms with van der Waals surface area (Å²) in [6, 6.07) is 1.25. The van der Waals surface area contributed by atoms with Crippen LogP contribution in [0.1, 0.15) is 52.4 Å². The summed E-state index contributed by atoms with van der Waals surface area (Å²) in [5.74, 6) is 0.734. The molecule has 2 heteroatoms. The first kappa shape index (κ1) is 11.1. The molecule has 2 atom stereocenters. The van der Waals surface area contributed by atoms with Crippen LogP contribution in [0.5, 0.6) is 0 Å². The van der Waals surface area contributed by atoms with Gasteiger partial charge in [0, 0.05) is 31.0 Å². The fourth-order valence-corrected chi connectivity index (χ4v) is 3.13. The van der Waals surface area contributed by atoms with Gasteiger partial charge in [-0.15, -0.1) is 0 Å². The molecule has 0 N–H and O–H groups in total. The summed E-state index contributed by atoms with van der Waals surface area (Å²) in [4.78, 5) is 14.2. The van der Waals surface area contributed by atoms with E-state index in [1.165, 1.54) is 32.1 Å². The second-order valence-electron chi connectivity index (χ2n) is 5.41. The first-order valence-electron chi connectivity index (χ1n) is 6.47. The Morgan fingerprint density at radius 2 is 1.80 bits per heavy atom. The van der Waals surface area contributed by atoms with Crippen molar-refractivity contribution in [3.8, 4) is 0 Å². The molecule has 0 bridgehead atoms. The predicted molar refractivity (Wildman–Crippen MR) is 61.8 cm³/mol. The first-order valence-corrected chi connectivity index (χ1v) is 6.47. The maximum absolute atomic E-state index is 11.6. The highest BCUT2D eigenvalue weighted by atomic mass is 16.1. The Bertz CT molecular complexity index is 233. The number of Topliss-reactive ketones (excluding diaryl/α,β-unsaturated/α-hetero) is 1. The summed E-state index contributed by atoms with van der Waals surface area (Å²) >= 11 is 0. The molecule has 0 radical (unpaired) electrons. The normalized spacial score (nSPS) is 35.7. The average Bonchev–Trinajstić information content (AvgIpc) is 2.25. The third-order valence-corrected chi connectivity index (χ3v) is 4.14. The van der Waals surface area contributed by atoms with Crippen LogP contribution in [0, 0.1) is 5.92 Å². The molecule has 0 amide bonds. The average molecular weight is 209 g/mol. The highest BCUT2D eigenvalue weighted by molar-refractivity contribution is 5.82. The van der Waals surface area contributed by atoms with Gasteiger partial charge in [-0.05, 0) is 19.8 Å². The van der Waals surface area contributed by atoms with Gasteiger partial charge in [0.2, 0.25) is 0 Å². The van der Waals surface area contributed by atoms with E-state index < -0.39 is 0 Å². The minimum atomic E-state index is 0.267. The van der Waals surface area contributed by atoms with Crippen LogP contribution in [0.15, 0.2) is 0 Å². The van der Waals surface area contributed by atoms with E-state index in [1.54, 1.807) is 0 Å². The Morgan fingerprint density at radius 1 is 1.13 bits per heavy atom. The largest absolute Gasteiger partial charge is 0.299 e. The zero-order valence-electron chi connectivity index (χ0n) is 10.0. The maximum atomic E-state index is 11.6. The molecule has 0 aromatic carbocycles. The van der Waals surface area contributed by atoms with Crippen LogP contribution in [-0.4, -0.2) is 29.3 Å². The van der Waals surface area contributed by atoms with Gasteiger partial charge in [0.1, 0.15) is 5.78 Å². The van der Waals surface area contributed by atoms with Crippen molar-refractivity contribution in [2.24, 2.45) is 5.92 Å². The molecule has 1 aliphatic carbocycles. The predicted octanol–water partition coefficient (Wildman–Crippen LogP) is 2.62. The van der Waals surface area contributed by atoms with Gasteiger partial charge in [-0.3, -0.25) is 9.69 Å². The smallest absolute Gasteiger partial charge is 0.138 e. The van der Waals surface area contributed by atoms with Gasteiger partial charge < -0.3 is 0 Å². The molecule has 1 saturated carbocycles. The third-order valence-electron chi connectivity index (χ3n) is 4.14. The lowest BCUT2D eigenvalue weighted by Gasteiger charge is -2.42. The fourth-order valence-electron chi connectivity index (χ4n) is 3.13. The van der Waals surface area contributed by atoms with Crippen LogP contribution in [0.4, 0.5) is 0 Å². The van der Waals surface area contributed by atoms with Crippen LogP contribution in [0.25, 0.3) is 0 Å². The van der Waals surface area contributed by atoms with Crippen molar-refractivity contribution in [2.45, 2.75) is 64.5 Å². The summed E-state index contributed by atoms with van der Waals surface area (Å²) in [5.41, 5.74) is 0. The number of likely N-dealkylation sites (tertiary alicyclic amines) is 1. The minimum absolute atomic E-state index is 0.267. The molecular weight excluding hydrogens is 186 g/mol. The summed E-state index contributed by atoms with van der Waals surface area (Å²) in [6.07, 6.45) is 7.66. The zero-order valence-corrected chi connectivity index (χ0v) is 10.0. The Labute approximate surface area is 93.0 Å². The van der Waals surface area contributed by atoms with Crippen molar-refractivity contribution in [1.82, 2.24) is 4.90 Å². The van der Waals surface area contributed by atoms with Gasteiger partial charge in [0.25, 0.3) is 0 Å². The molecule has 0 spiro atoms. The van der Waals surface area contributed by atoms with E-state index in [2.05, 4.69) is 18.7 Å². The standard InChI is InChI=1S/C13H23NO/c1-10-9-14(11(2)8-13(10)15)12-6-4-3-5-7-12/h10-12H,3-9H2,1-2H3/t10-,11+/m1/s1. The number of rotatable bonds is 1. The van der Waals surface area contributed by atoms with Crippen LogP contribution in [0.2, 0.25) is 0 Å². The number of carbonyl (C=O) groups excluding carboxylic acids is 1. The Morgan fingerprint density at radius 3 is 2.47 bits per heavy atom. The number of hydrogen-bond acceptors (Lipinski definition) is 2. The van der Waals surface area contributed by atoms with Crippen LogP contribution < -0.4 is 0 Å². The summed E-state index contributed by atoms with van der Waals surface area (Å²) in [7, 11) is 0. The first-order chi connectivity index (χ1) is 7.18. The molecule has 86 valence electrons. The van der Waals surface area contributed by atoms with E-state index in [0.29, 0.717) is 11.8 Å². The van der Waals surface area contributed by atoms with Gasteiger partial charge in [-0.1, -0.05) is 26.2 Å². The van der Waals surface area contributed by atoms with Crippen molar-refractivity contribution < 1.29 is 4.79 Å². The lowest BCUT2D eigenvalue weighted by Crippen LogP contribution is -2.51. The molecule has 0 aromatic heterocycles. The monoisotopic (exact) mass is 209 g/mol. The lowest BCUT2D eigenvalue weighted by molar-refractivity contribution is -0.128. The molecule has 2 rings (SSSR count). The second-order valence-corrected chi connectivity index (χ2v) is 5.41. The van der Waals surface area contributed by atoms with Crippen LogP contribution in [-0.2, 0) is 4.79 Å². The molecule has 0 aromatic rings. The highest BCUT2D eigenvalue weighted by Crippen LogP contribution is 2.28. The molecule has 2 nitrogen and oxygen atoms in total. The maximum Gasteiger partial charge on any atom is 0.138 e. The second kappa shape index (κ2) is 4.65. The van der Waals surface area contributed by atoms with Gasteiger partial charge in [0.05, 0.1) is 0 Å². The van der Waals surface area contributed by atoms with E-state index in [0.717, 1.165) is 19.0 Å². The van der Waals surface area contributed by atoms with Crippen molar-refractivity contribution in [2.75, 3.05) is 6.54 Å².